The summed E-state index contributed by atoms with van der Waals surface area (Å²) >= 11 is 1.46. The lowest BCUT2D eigenvalue weighted by Crippen LogP contribution is -2.16. The number of hydrogen-bond donors (Lipinski definition) is 2. The van der Waals surface area contributed by atoms with Gasteiger partial charge in [-0.3, -0.25) is 0 Å². The largest absolute Gasteiger partial charge is 0.307 e. The fourth-order valence-corrected chi connectivity index (χ4v) is 1.87. The first-order valence-electron chi connectivity index (χ1n) is 3.85. The van der Waals surface area contributed by atoms with Crippen LogP contribution in [0.2, 0.25) is 0 Å². The molecular formula is C7H9N5S. The van der Waals surface area contributed by atoms with Gasteiger partial charge in [-0.25, -0.2) is 4.37 Å². The highest BCUT2D eigenvalue weighted by Crippen LogP contribution is 2.21. The van der Waals surface area contributed by atoms with E-state index in [2.05, 4.69) is 25.1 Å². The summed E-state index contributed by atoms with van der Waals surface area (Å²) in [7, 11) is 1.89. The van der Waals surface area contributed by atoms with Gasteiger partial charge in [0.25, 0.3) is 0 Å². The third-order valence-corrected chi connectivity index (χ3v) is 2.57. The van der Waals surface area contributed by atoms with Gasteiger partial charge in [0.2, 0.25) is 0 Å². The molecule has 2 aromatic rings. The fourth-order valence-electron chi connectivity index (χ4n) is 1.16. The summed E-state index contributed by atoms with van der Waals surface area (Å²) in [5.41, 5.74) is 0.881. The number of rotatable bonds is 3. The molecule has 0 aromatic carbocycles. The maximum atomic E-state index is 4.04. The van der Waals surface area contributed by atoms with Crippen molar-refractivity contribution in [3.8, 4) is 0 Å². The van der Waals surface area contributed by atoms with Crippen molar-refractivity contribution >= 4 is 11.5 Å². The van der Waals surface area contributed by atoms with Crippen LogP contribution in [0.3, 0.4) is 0 Å². The van der Waals surface area contributed by atoms with Gasteiger partial charge >= 0.3 is 0 Å². The van der Waals surface area contributed by atoms with Crippen molar-refractivity contribution in [1.29, 1.82) is 0 Å². The molecule has 2 N–H and O–H groups in total. The summed E-state index contributed by atoms with van der Waals surface area (Å²) in [6, 6.07) is 2.06. The Morgan fingerprint density at radius 3 is 3.08 bits per heavy atom. The first kappa shape index (κ1) is 8.33. The van der Waals surface area contributed by atoms with Gasteiger partial charge in [-0.05, 0) is 24.6 Å². The van der Waals surface area contributed by atoms with Crippen LogP contribution in [0.5, 0.6) is 0 Å². The van der Waals surface area contributed by atoms with E-state index in [9.17, 15) is 0 Å². The minimum Gasteiger partial charge on any atom is -0.307 e. The third kappa shape index (κ3) is 1.58. The number of H-pyrrole nitrogens is 1. The first-order valence-corrected chi connectivity index (χ1v) is 4.62. The van der Waals surface area contributed by atoms with Gasteiger partial charge in [0.05, 0.1) is 12.2 Å². The molecule has 0 saturated carbocycles. The lowest BCUT2D eigenvalue weighted by Gasteiger charge is -2.09. The van der Waals surface area contributed by atoms with E-state index >= 15 is 0 Å². The summed E-state index contributed by atoms with van der Waals surface area (Å²) < 4.78 is 4.04. The van der Waals surface area contributed by atoms with Crippen LogP contribution < -0.4 is 5.32 Å². The van der Waals surface area contributed by atoms with Gasteiger partial charge in [0, 0.05) is 11.1 Å². The fraction of sp³-hybridized carbons (Fsp3) is 0.286. The van der Waals surface area contributed by atoms with E-state index in [1.54, 1.807) is 12.4 Å². The Labute approximate surface area is 79.4 Å². The molecule has 5 nitrogen and oxygen atoms in total. The Morgan fingerprint density at radius 2 is 2.54 bits per heavy atom. The highest BCUT2D eigenvalue weighted by Gasteiger charge is 2.15. The SMILES string of the molecule is CNC(c1cn[nH]n1)c1ccns1. The smallest absolute Gasteiger partial charge is 0.105 e. The monoisotopic (exact) mass is 195 g/mol. The van der Waals surface area contributed by atoms with Gasteiger partial charge in [0.15, 0.2) is 0 Å². The molecule has 2 heterocycles. The number of hydrogen-bond acceptors (Lipinski definition) is 5. The summed E-state index contributed by atoms with van der Waals surface area (Å²) in [6.45, 7) is 0. The number of aromatic amines is 1. The van der Waals surface area contributed by atoms with Crippen molar-refractivity contribution in [3.05, 3.63) is 29.0 Å². The predicted octanol–water partition coefficient (Wildman–Crippen LogP) is 0.570. The number of nitrogens with one attached hydrogen (secondary N) is 2. The van der Waals surface area contributed by atoms with Gasteiger partial charge in [0.1, 0.15) is 5.69 Å². The van der Waals surface area contributed by atoms with Gasteiger partial charge in [-0.2, -0.15) is 15.4 Å². The summed E-state index contributed by atoms with van der Waals surface area (Å²) in [5.74, 6) is 0. The second kappa shape index (κ2) is 3.63. The molecule has 13 heavy (non-hydrogen) atoms. The zero-order chi connectivity index (χ0) is 9.10. The predicted molar refractivity (Wildman–Crippen MR) is 49.4 cm³/mol. The number of aromatic nitrogens is 4. The minimum absolute atomic E-state index is 0.0891. The average Bonchev–Trinajstić information content (AvgIpc) is 2.76. The third-order valence-electron chi connectivity index (χ3n) is 1.76. The first-order chi connectivity index (χ1) is 6.42. The number of nitrogens with zero attached hydrogens (tertiary/aromatic N) is 3. The quantitative estimate of drug-likeness (QED) is 0.751. The van der Waals surface area contributed by atoms with Gasteiger partial charge in [-0.1, -0.05) is 0 Å². The molecule has 0 saturated heterocycles. The molecule has 68 valence electrons. The van der Waals surface area contributed by atoms with Crippen molar-refractivity contribution in [2.75, 3.05) is 7.05 Å². The van der Waals surface area contributed by atoms with Gasteiger partial charge in [-0.15, -0.1) is 0 Å². The summed E-state index contributed by atoms with van der Waals surface area (Å²) in [5, 5.41) is 13.5. The van der Waals surface area contributed by atoms with E-state index in [1.807, 2.05) is 13.1 Å². The van der Waals surface area contributed by atoms with E-state index in [-0.39, 0.29) is 6.04 Å². The second-order valence-electron chi connectivity index (χ2n) is 2.53. The van der Waals surface area contributed by atoms with Crippen LogP contribution in [-0.4, -0.2) is 26.8 Å². The van der Waals surface area contributed by atoms with Crippen molar-refractivity contribution in [2.24, 2.45) is 0 Å². The maximum Gasteiger partial charge on any atom is 0.105 e. The molecule has 0 fully saturated rings. The minimum atomic E-state index is 0.0891. The summed E-state index contributed by atoms with van der Waals surface area (Å²) in [4.78, 5) is 1.14. The van der Waals surface area contributed by atoms with Crippen LogP contribution in [0, 0.1) is 0 Å². The van der Waals surface area contributed by atoms with Crippen LogP contribution in [0.1, 0.15) is 16.6 Å². The van der Waals surface area contributed by atoms with Crippen molar-refractivity contribution in [2.45, 2.75) is 6.04 Å². The molecule has 2 rings (SSSR count). The maximum absolute atomic E-state index is 4.04. The Balaban J connectivity index is 2.29. The molecular weight excluding hydrogens is 186 g/mol. The standard InChI is InChI=1S/C7H9N5S/c1-8-7(5-4-9-12-11-5)6-2-3-10-13-6/h2-4,7-8H,1H3,(H,9,11,12). The lowest BCUT2D eigenvalue weighted by atomic mass is 10.2. The molecule has 6 heteroatoms. The van der Waals surface area contributed by atoms with Crippen molar-refractivity contribution in [1.82, 2.24) is 25.1 Å². The molecule has 0 aliphatic carbocycles. The van der Waals surface area contributed by atoms with Crippen molar-refractivity contribution in [3.63, 3.8) is 0 Å². The van der Waals surface area contributed by atoms with E-state index in [1.165, 1.54) is 11.5 Å². The molecule has 0 bridgehead atoms. The second-order valence-corrected chi connectivity index (χ2v) is 3.40. The topological polar surface area (TPSA) is 66.5 Å². The van der Waals surface area contributed by atoms with E-state index < -0.39 is 0 Å². The molecule has 0 aliphatic rings. The van der Waals surface area contributed by atoms with Crippen molar-refractivity contribution < 1.29 is 0 Å². The molecule has 0 amide bonds. The van der Waals surface area contributed by atoms with E-state index in [0.29, 0.717) is 0 Å². The van der Waals surface area contributed by atoms with Crippen LogP contribution in [0.15, 0.2) is 18.5 Å². The van der Waals surface area contributed by atoms with Crippen LogP contribution >= 0.6 is 11.5 Å². The lowest BCUT2D eigenvalue weighted by molar-refractivity contribution is 0.678. The average molecular weight is 195 g/mol. The van der Waals surface area contributed by atoms with Gasteiger partial charge < -0.3 is 5.32 Å². The van der Waals surface area contributed by atoms with Crippen LogP contribution in [0.25, 0.3) is 0 Å². The van der Waals surface area contributed by atoms with E-state index in [0.717, 1.165) is 10.6 Å². The molecule has 0 aliphatic heterocycles. The zero-order valence-corrected chi connectivity index (χ0v) is 7.88. The Hall–Kier alpha value is -1.27. The molecule has 1 atom stereocenters. The molecule has 0 spiro atoms. The molecule has 2 aromatic heterocycles. The highest BCUT2D eigenvalue weighted by molar-refractivity contribution is 7.05. The Bertz CT molecular complexity index is 307. The Morgan fingerprint density at radius 1 is 1.62 bits per heavy atom. The highest BCUT2D eigenvalue weighted by atomic mass is 32.1. The molecule has 0 radical (unpaired) electrons. The molecule has 1 unspecified atom stereocenters. The Kier molecular flexibility index (Phi) is 2.33. The van der Waals surface area contributed by atoms with Crippen LogP contribution in [0.4, 0.5) is 0 Å². The van der Waals surface area contributed by atoms with Crippen LogP contribution in [-0.2, 0) is 0 Å². The summed E-state index contributed by atoms with van der Waals surface area (Å²) in [6.07, 6.45) is 3.49. The van der Waals surface area contributed by atoms with E-state index in [4.69, 9.17) is 0 Å². The normalized spacial score (nSPS) is 13.0. The zero-order valence-electron chi connectivity index (χ0n) is 7.06.